The second kappa shape index (κ2) is 46.9. The molecule has 16 rings (SSSR count). The number of esters is 4. The third kappa shape index (κ3) is 22.8. The first-order valence-corrected chi connectivity index (χ1v) is 50.1. The van der Waals surface area contributed by atoms with E-state index in [-0.39, 0.29) is 53.8 Å². The standard InChI is InChI=1S/C120H122N6O23/c1-77-96(145-113(137)105(103(82-40-20-10-21-41-82)125-109(133)83-42-22-11-23-43-83)149-120(88-50-30-15-31-51-88,89-52-32-16-33-53-89)90-60-66-93(141-8)67-61-90)74-118(139)108(147-112(136)84-44-24-12-25-45-84)106-116(6,107(132)104(144-78(2)127)102(77)115(118,4)5)97(73-98-117(106,76-143-98)148-79(3)128)146-114(138)142-75-81-56-62-91(63-57-81)122-110(134)94(124-111(135)95(72-80-38-18-9-19-39-80)123-99(129)55-34-17-37-71-126-100(130)68-69-101(126)131)54-35-36-70-121-119(85-46-26-13-27-47-85,86-48-28-14-29-49-86)87-58-64-92(140-7)65-59-87/h9-16,18-33,38-53,56-69,94-98,103-106,108,121,139H,17,34-37,54-55,70-76H2,1-8H3,(H,122,134)(H,123,129)(H,124,135)(H,125,133)/t94-,95-,96-,97-,98+,103-,104+,105+,106-,108-,116+,117-,118+/m0/s1. The lowest BCUT2D eigenvalue weighted by Crippen LogP contribution is -2.82. The number of carbonyl (C=O) groups is 12. The first kappa shape index (κ1) is 106. The van der Waals surface area contributed by atoms with Gasteiger partial charge in [-0.15, -0.1) is 0 Å². The van der Waals surface area contributed by atoms with E-state index in [2.05, 4.69) is 50.8 Å². The van der Waals surface area contributed by atoms with Crippen LogP contribution >= 0.6 is 0 Å². The molecular weight excluding hydrogens is 1890 g/mol. The van der Waals surface area contributed by atoms with Crippen molar-refractivity contribution in [2.45, 2.75) is 189 Å². The van der Waals surface area contributed by atoms with E-state index in [9.17, 15) is 24.0 Å². The van der Waals surface area contributed by atoms with E-state index in [4.69, 9.17) is 47.4 Å². The lowest BCUT2D eigenvalue weighted by molar-refractivity contribution is -0.346. The molecule has 13 atom stereocenters. The summed E-state index contributed by atoms with van der Waals surface area (Å²) in [5.41, 5.74) is -5.57. The Balaban J connectivity index is 0.708. The van der Waals surface area contributed by atoms with Crippen LogP contribution in [0.3, 0.4) is 0 Å². The molecule has 0 aromatic heterocycles. The Kier molecular flexibility index (Phi) is 33.4. The van der Waals surface area contributed by atoms with Crippen LogP contribution in [0.2, 0.25) is 0 Å². The largest absolute Gasteiger partial charge is 0.508 e. The number of unbranched alkanes of at least 4 members (excludes halogenated alkanes) is 3. The molecule has 6 amide bonds. The molecule has 770 valence electrons. The van der Waals surface area contributed by atoms with Crippen molar-refractivity contribution < 1.29 is 110 Å². The molecule has 149 heavy (non-hydrogen) atoms. The van der Waals surface area contributed by atoms with Crippen LogP contribution in [0.5, 0.6) is 11.5 Å². The summed E-state index contributed by atoms with van der Waals surface area (Å²) in [6.07, 6.45) is -8.62. The van der Waals surface area contributed by atoms with Gasteiger partial charge in [0.25, 0.3) is 17.7 Å². The van der Waals surface area contributed by atoms with Crippen molar-refractivity contribution in [3.05, 3.63) is 400 Å². The number of amides is 6. The minimum absolute atomic E-state index is 0.0182. The highest BCUT2D eigenvalue weighted by Crippen LogP contribution is 2.66. The Morgan fingerprint density at radius 3 is 1.59 bits per heavy atom. The molecule has 29 nitrogen and oxygen atoms in total. The number of nitrogens with zero attached hydrogens (tertiary/aromatic N) is 1. The van der Waals surface area contributed by atoms with E-state index >= 15 is 38.7 Å². The molecule has 2 bridgehead atoms. The van der Waals surface area contributed by atoms with Gasteiger partial charge in [0.1, 0.15) is 65.8 Å². The Morgan fingerprint density at radius 2 is 1.05 bits per heavy atom. The van der Waals surface area contributed by atoms with Gasteiger partial charge in [-0.25, -0.2) is 14.4 Å². The minimum Gasteiger partial charge on any atom is -0.497 e. The number of imide groups is 1. The first-order valence-electron chi connectivity index (χ1n) is 50.1. The molecule has 5 aliphatic rings. The molecule has 29 heteroatoms. The number of anilines is 1. The van der Waals surface area contributed by atoms with Crippen molar-refractivity contribution in [3.63, 3.8) is 0 Å². The smallest absolute Gasteiger partial charge is 0.497 e. The van der Waals surface area contributed by atoms with Crippen LogP contribution in [0.1, 0.15) is 176 Å². The number of ether oxygens (including phenoxy) is 10. The normalized spacial score (nSPS) is 20.9. The van der Waals surface area contributed by atoms with Crippen molar-refractivity contribution in [1.82, 2.24) is 26.2 Å². The highest BCUT2D eigenvalue weighted by Gasteiger charge is 2.79. The number of rotatable bonds is 42. The Morgan fingerprint density at radius 1 is 0.523 bits per heavy atom. The number of benzene rings is 11. The van der Waals surface area contributed by atoms with E-state index in [1.807, 2.05) is 152 Å². The monoisotopic (exact) mass is 2010 g/mol. The number of nitrogens with one attached hydrogen (secondary N) is 5. The topological polar surface area (TPSA) is 381 Å². The van der Waals surface area contributed by atoms with Crippen LogP contribution in [-0.2, 0) is 105 Å². The van der Waals surface area contributed by atoms with E-state index in [0.29, 0.717) is 78.0 Å². The molecule has 0 unspecified atom stereocenters. The highest BCUT2D eigenvalue weighted by molar-refractivity contribution is 6.13. The fourth-order valence-electron chi connectivity index (χ4n) is 21.7. The van der Waals surface area contributed by atoms with Gasteiger partial charge in [0, 0.05) is 74.9 Å². The average molecular weight is 2020 g/mol. The lowest BCUT2D eigenvalue weighted by Gasteiger charge is -2.67. The molecule has 2 heterocycles. The van der Waals surface area contributed by atoms with Gasteiger partial charge >= 0.3 is 30.0 Å². The second-order valence-corrected chi connectivity index (χ2v) is 38.9. The number of aliphatic hydroxyl groups is 1. The lowest BCUT2D eigenvalue weighted by atomic mass is 9.44. The molecule has 3 aliphatic carbocycles. The molecule has 11 aromatic carbocycles. The quantitative estimate of drug-likeness (QED) is 0.00517. The van der Waals surface area contributed by atoms with Crippen molar-refractivity contribution in [1.29, 1.82) is 0 Å². The van der Waals surface area contributed by atoms with Gasteiger partial charge in [-0.05, 0) is 174 Å². The number of carbonyl (C=O) groups excluding carboxylic acids is 12. The predicted octanol–water partition coefficient (Wildman–Crippen LogP) is 16.5. The first-order chi connectivity index (χ1) is 71.9. The summed E-state index contributed by atoms with van der Waals surface area (Å²) < 4.78 is 64.9. The molecule has 0 radical (unpaired) electrons. The second-order valence-electron chi connectivity index (χ2n) is 38.9. The third-order valence-electron chi connectivity index (χ3n) is 29.4. The van der Waals surface area contributed by atoms with Crippen LogP contribution < -0.4 is 36.1 Å². The number of fused-ring (bicyclic) bond motifs is 5. The van der Waals surface area contributed by atoms with E-state index in [1.54, 1.807) is 155 Å². The van der Waals surface area contributed by atoms with E-state index < -0.39 is 191 Å². The minimum atomic E-state index is -2.69. The van der Waals surface area contributed by atoms with Crippen LogP contribution in [-0.4, -0.2) is 175 Å². The Labute approximate surface area is 865 Å². The van der Waals surface area contributed by atoms with Gasteiger partial charge < -0.3 is 73.7 Å². The molecule has 1 saturated heterocycles. The summed E-state index contributed by atoms with van der Waals surface area (Å²) in [6.45, 7) is 7.83. The maximum atomic E-state index is 17.4. The number of hydrogen-bond donors (Lipinski definition) is 6. The van der Waals surface area contributed by atoms with Crippen molar-refractivity contribution >= 4 is 76.9 Å². The number of methoxy groups -OCH3 is 2. The molecule has 3 fully saturated rings. The third-order valence-corrected chi connectivity index (χ3v) is 29.4. The average Bonchev–Trinajstić information content (AvgIpc) is 0.908. The van der Waals surface area contributed by atoms with Crippen molar-refractivity contribution in [3.8, 4) is 11.5 Å². The Bertz CT molecular complexity index is 6570. The maximum absolute atomic E-state index is 17.4. The number of Topliss-reactive ketones (excluding diaryl/α,β-unsaturated/α-hetero) is 1. The predicted molar refractivity (Wildman–Crippen MR) is 552 cm³/mol. The zero-order chi connectivity index (χ0) is 105. The van der Waals surface area contributed by atoms with Gasteiger partial charge in [0.05, 0.1) is 49.3 Å². The number of hydrogen-bond acceptors (Lipinski definition) is 24. The zero-order valence-corrected chi connectivity index (χ0v) is 84.2. The highest BCUT2D eigenvalue weighted by atomic mass is 16.7. The summed E-state index contributed by atoms with van der Waals surface area (Å²) in [5.74, 6) is -8.92. The summed E-state index contributed by atoms with van der Waals surface area (Å²) in [7, 11) is 3.14. The molecule has 2 aliphatic heterocycles. The maximum Gasteiger partial charge on any atom is 0.508 e. The molecule has 6 N–H and O–H groups in total. The SMILES string of the molecule is COc1ccc(C(NCCCC[C@H](NC(=O)[C@H](Cc2ccccc2)NC(=O)CCCCCN2C(=O)C=CC2=O)C(=O)Nc2ccc(COC(=O)O[C@H]3C[C@H]4OC[C@@]4(OC(C)=O)[C@H]4[C@H](OC(=O)c5ccccc5)[C@]5(O)C[C@H](OC(=O)[C@H](OC(c6ccccc6)(c6ccccc6)c6ccc(OC)cc6)[C@@H](NC(=O)c6ccccc6)c6ccccc6)C(C)=C([C@@H](OC(C)=O)C(=O)[C@]34C)C5(C)C)cc2)(c2ccccc2)c2ccccc2)cc1. The van der Waals surface area contributed by atoms with Gasteiger partial charge in [-0.3, -0.25) is 53.4 Å². The van der Waals surface area contributed by atoms with Gasteiger partial charge in [-0.1, -0.05) is 275 Å². The summed E-state index contributed by atoms with van der Waals surface area (Å²) in [6, 6.07) is 89.5. The fraction of sp³-hybridized carbons (Fsp3) is 0.317. The fourth-order valence-corrected chi connectivity index (χ4v) is 21.7. The number of ketones is 1. The van der Waals surface area contributed by atoms with Crippen LogP contribution in [0, 0.1) is 16.7 Å². The summed E-state index contributed by atoms with van der Waals surface area (Å²) in [4.78, 5) is 179. The molecule has 2 saturated carbocycles. The van der Waals surface area contributed by atoms with E-state index in [1.165, 1.54) is 38.3 Å². The van der Waals surface area contributed by atoms with Crippen molar-refractivity contribution in [2.24, 2.45) is 16.7 Å². The van der Waals surface area contributed by atoms with Crippen LogP contribution in [0.25, 0.3) is 0 Å². The molecule has 11 aromatic rings. The van der Waals surface area contributed by atoms with E-state index in [0.717, 1.165) is 41.0 Å². The summed E-state index contributed by atoms with van der Waals surface area (Å²) in [5, 5.41) is 31.1. The molecule has 0 spiro atoms. The van der Waals surface area contributed by atoms with Gasteiger partial charge in [0.2, 0.25) is 17.7 Å². The van der Waals surface area contributed by atoms with Crippen molar-refractivity contribution in [2.75, 3.05) is 39.2 Å². The van der Waals surface area contributed by atoms with Crippen LogP contribution in [0.15, 0.2) is 339 Å². The van der Waals surface area contributed by atoms with Gasteiger partial charge in [-0.2, -0.15) is 0 Å². The molecular formula is C120H122N6O23. The Hall–Kier alpha value is -15.8. The zero-order valence-electron chi connectivity index (χ0n) is 84.2. The summed E-state index contributed by atoms with van der Waals surface area (Å²) >= 11 is 0. The van der Waals surface area contributed by atoms with Gasteiger partial charge in [0.15, 0.2) is 23.6 Å². The van der Waals surface area contributed by atoms with Crippen LogP contribution in [0.4, 0.5) is 10.5 Å².